The Bertz CT molecular complexity index is 1010. The van der Waals surface area contributed by atoms with Gasteiger partial charge >= 0.3 is 0 Å². The van der Waals surface area contributed by atoms with Gasteiger partial charge in [-0.1, -0.05) is 0 Å². The highest BCUT2D eigenvalue weighted by Gasteiger charge is 2.17. The molecule has 0 bridgehead atoms. The maximum Gasteiger partial charge on any atom is 0.272 e. The Morgan fingerprint density at radius 3 is 2.33 bits per heavy atom. The third kappa shape index (κ3) is 7.79. The van der Waals surface area contributed by atoms with Crippen LogP contribution in [0.5, 0.6) is 0 Å². The van der Waals surface area contributed by atoms with Crippen molar-refractivity contribution in [3.8, 4) is 0 Å². The number of nitrogens with zero attached hydrogens (tertiary/aromatic N) is 3. The molecule has 0 aliphatic heterocycles. The van der Waals surface area contributed by atoms with Crippen LogP contribution in [0.15, 0.2) is 24.4 Å². The van der Waals surface area contributed by atoms with Crippen LogP contribution in [0.3, 0.4) is 0 Å². The van der Waals surface area contributed by atoms with E-state index in [9.17, 15) is 19.2 Å². The molecule has 4 N–H and O–H groups in total. The smallest absolute Gasteiger partial charge is 0.272 e. The van der Waals surface area contributed by atoms with Crippen molar-refractivity contribution in [1.82, 2.24) is 24.7 Å². The van der Waals surface area contributed by atoms with Crippen LogP contribution in [0, 0.1) is 0 Å². The van der Waals surface area contributed by atoms with Gasteiger partial charge in [0.2, 0.25) is 11.8 Å². The van der Waals surface area contributed by atoms with Gasteiger partial charge in [0.25, 0.3) is 11.8 Å². The molecule has 0 spiro atoms. The molecule has 4 amide bonds. The highest BCUT2D eigenvalue weighted by Crippen LogP contribution is 2.17. The lowest BCUT2D eigenvalue weighted by atomic mass is 10.3. The number of hydrogen-bond acceptors (Lipinski definition) is 5. The molecule has 0 saturated heterocycles. The highest BCUT2D eigenvalue weighted by atomic mass is 16.2. The fraction of sp³-hybridized carbons (Fsp3) is 0.455. The first kappa shape index (κ1) is 25.7. The van der Waals surface area contributed by atoms with E-state index in [0.717, 1.165) is 13.0 Å². The van der Waals surface area contributed by atoms with Crippen molar-refractivity contribution in [2.45, 2.75) is 19.8 Å². The van der Waals surface area contributed by atoms with Crippen LogP contribution in [-0.2, 0) is 23.7 Å². The third-order valence-corrected chi connectivity index (χ3v) is 4.90. The zero-order valence-electron chi connectivity index (χ0n) is 19.8. The summed E-state index contributed by atoms with van der Waals surface area (Å²) in [6.45, 7) is 3.09. The molecule has 0 fully saturated rings. The Kier molecular flexibility index (Phi) is 9.22. The number of amides is 4. The van der Waals surface area contributed by atoms with Crippen LogP contribution in [0.4, 0.5) is 11.5 Å². The zero-order valence-corrected chi connectivity index (χ0v) is 19.8. The summed E-state index contributed by atoms with van der Waals surface area (Å²) in [5, 5.41) is 10.9. The van der Waals surface area contributed by atoms with Crippen molar-refractivity contribution < 1.29 is 19.2 Å². The van der Waals surface area contributed by atoms with Crippen molar-refractivity contribution in [2.24, 2.45) is 14.1 Å². The summed E-state index contributed by atoms with van der Waals surface area (Å²) in [6.07, 6.45) is 2.67. The Labute approximate surface area is 193 Å². The second kappa shape index (κ2) is 11.9. The second-order valence-electron chi connectivity index (χ2n) is 8.04. The van der Waals surface area contributed by atoms with Gasteiger partial charge in [-0.3, -0.25) is 19.2 Å². The summed E-state index contributed by atoms with van der Waals surface area (Å²) in [4.78, 5) is 50.3. The molecule has 2 aromatic rings. The second-order valence-corrected chi connectivity index (χ2v) is 8.04. The standard InChI is InChI=1S/C22H33N7O4/c1-15(30)25-19-8-7-17(29(19)5)22(33)26-16-13-18(28(4)14-16)21(32)24-11-9-20(31)23-10-6-12-27(2)3/h7-8,13-14H,6,9-12H2,1-5H3,(H,23,31)(H,24,32)(H,25,30)(H,26,33). The van der Waals surface area contributed by atoms with E-state index in [1.165, 1.54) is 6.92 Å². The first-order chi connectivity index (χ1) is 15.6. The summed E-state index contributed by atoms with van der Waals surface area (Å²) < 4.78 is 3.17. The number of rotatable bonds is 11. The summed E-state index contributed by atoms with van der Waals surface area (Å²) in [5.74, 6) is -0.566. The first-order valence-corrected chi connectivity index (χ1v) is 10.7. The molecule has 0 aliphatic rings. The van der Waals surface area contributed by atoms with E-state index in [0.29, 0.717) is 29.4 Å². The molecule has 2 heterocycles. The van der Waals surface area contributed by atoms with Gasteiger partial charge < -0.3 is 35.3 Å². The van der Waals surface area contributed by atoms with Crippen LogP contribution in [-0.4, -0.2) is 71.4 Å². The predicted octanol–water partition coefficient (Wildman–Crippen LogP) is 0.762. The van der Waals surface area contributed by atoms with E-state index in [-0.39, 0.29) is 36.6 Å². The van der Waals surface area contributed by atoms with Gasteiger partial charge in [-0.15, -0.1) is 0 Å². The minimum absolute atomic E-state index is 0.116. The number of anilines is 2. The molecule has 2 aromatic heterocycles. The fourth-order valence-electron chi connectivity index (χ4n) is 3.19. The molecule has 0 atom stereocenters. The molecule has 0 aliphatic carbocycles. The lowest BCUT2D eigenvalue weighted by Gasteiger charge is -2.10. The molecule has 0 saturated carbocycles. The Morgan fingerprint density at radius 2 is 1.67 bits per heavy atom. The first-order valence-electron chi connectivity index (χ1n) is 10.7. The quantitative estimate of drug-likeness (QED) is 0.369. The van der Waals surface area contributed by atoms with Gasteiger partial charge in [0.1, 0.15) is 17.2 Å². The molecule has 2 rings (SSSR count). The maximum absolute atomic E-state index is 12.6. The summed E-state index contributed by atoms with van der Waals surface area (Å²) >= 11 is 0. The van der Waals surface area contributed by atoms with Crippen LogP contribution >= 0.6 is 0 Å². The minimum Gasteiger partial charge on any atom is -0.356 e. The average molecular weight is 460 g/mol. The predicted molar refractivity (Wildman–Crippen MR) is 126 cm³/mol. The average Bonchev–Trinajstić information content (AvgIpc) is 3.27. The van der Waals surface area contributed by atoms with Gasteiger partial charge in [-0.05, 0) is 45.3 Å². The Hall–Kier alpha value is -3.60. The van der Waals surface area contributed by atoms with Crippen LogP contribution < -0.4 is 21.3 Å². The fourth-order valence-corrected chi connectivity index (χ4v) is 3.19. The van der Waals surface area contributed by atoms with Gasteiger partial charge in [0.05, 0.1) is 5.69 Å². The van der Waals surface area contributed by atoms with E-state index >= 15 is 0 Å². The van der Waals surface area contributed by atoms with E-state index < -0.39 is 0 Å². The summed E-state index contributed by atoms with van der Waals surface area (Å²) in [5.41, 5.74) is 1.15. The largest absolute Gasteiger partial charge is 0.356 e. The maximum atomic E-state index is 12.6. The van der Waals surface area contributed by atoms with Crippen molar-refractivity contribution in [2.75, 3.05) is 44.4 Å². The summed E-state index contributed by atoms with van der Waals surface area (Å²) in [6, 6.07) is 4.80. The number of hydrogen-bond donors (Lipinski definition) is 4. The zero-order chi connectivity index (χ0) is 24.5. The van der Waals surface area contributed by atoms with Gasteiger partial charge in [0.15, 0.2) is 0 Å². The number of carbonyl (C=O) groups excluding carboxylic acids is 4. The Morgan fingerprint density at radius 1 is 0.939 bits per heavy atom. The minimum atomic E-state index is -0.377. The SMILES string of the molecule is CC(=O)Nc1ccc(C(=O)Nc2cc(C(=O)NCCC(=O)NCCCN(C)C)n(C)c2)n1C. The van der Waals surface area contributed by atoms with E-state index in [1.54, 1.807) is 47.6 Å². The summed E-state index contributed by atoms with van der Waals surface area (Å²) in [7, 11) is 7.31. The van der Waals surface area contributed by atoms with Gasteiger partial charge in [-0.2, -0.15) is 0 Å². The molecule has 11 nitrogen and oxygen atoms in total. The van der Waals surface area contributed by atoms with Crippen molar-refractivity contribution >= 4 is 35.1 Å². The monoisotopic (exact) mass is 459 g/mol. The van der Waals surface area contributed by atoms with Crippen LogP contribution in [0.1, 0.15) is 40.7 Å². The van der Waals surface area contributed by atoms with Crippen molar-refractivity contribution in [1.29, 1.82) is 0 Å². The number of carbonyl (C=O) groups is 4. The van der Waals surface area contributed by atoms with Crippen LogP contribution in [0.25, 0.3) is 0 Å². The van der Waals surface area contributed by atoms with E-state index in [1.807, 2.05) is 19.0 Å². The normalized spacial score (nSPS) is 10.7. The number of aryl methyl sites for hydroxylation is 1. The topological polar surface area (TPSA) is 130 Å². The van der Waals surface area contributed by atoms with Gasteiger partial charge in [0, 0.05) is 46.7 Å². The third-order valence-electron chi connectivity index (χ3n) is 4.90. The molecule has 33 heavy (non-hydrogen) atoms. The molecule has 0 radical (unpaired) electrons. The van der Waals surface area contributed by atoms with Crippen molar-refractivity contribution in [3.05, 3.63) is 35.8 Å². The molecule has 11 heteroatoms. The molecule has 180 valence electrons. The lowest BCUT2D eigenvalue weighted by molar-refractivity contribution is -0.121. The number of nitrogens with one attached hydrogen (secondary N) is 4. The van der Waals surface area contributed by atoms with Gasteiger partial charge in [-0.25, -0.2) is 0 Å². The highest BCUT2D eigenvalue weighted by molar-refractivity contribution is 6.05. The van der Waals surface area contributed by atoms with Crippen LogP contribution in [0.2, 0.25) is 0 Å². The Balaban J connectivity index is 1.86. The molecular formula is C22H33N7O4. The molecule has 0 unspecified atom stereocenters. The van der Waals surface area contributed by atoms with Crippen molar-refractivity contribution in [3.63, 3.8) is 0 Å². The number of aromatic nitrogens is 2. The van der Waals surface area contributed by atoms with E-state index in [2.05, 4.69) is 21.3 Å². The lowest BCUT2D eigenvalue weighted by Crippen LogP contribution is -2.32. The molecule has 0 aromatic carbocycles. The van der Waals surface area contributed by atoms with E-state index in [4.69, 9.17) is 0 Å². The molecular weight excluding hydrogens is 426 g/mol.